The molecule has 0 fully saturated rings. The van der Waals surface area contributed by atoms with E-state index in [1.165, 1.54) is 18.2 Å². The molecule has 0 aliphatic carbocycles. The van der Waals surface area contributed by atoms with E-state index in [2.05, 4.69) is 24.1 Å². The first kappa shape index (κ1) is 19.4. The Kier molecular flexibility index (Phi) is 7.51. The van der Waals surface area contributed by atoms with Gasteiger partial charge in [0.1, 0.15) is 5.75 Å². The van der Waals surface area contributed by atoms with Gasteiger partial charge in [-0.1, -0.05) is 13.8 Å². The predicted molar refractivity (Wildman–Crippen MR) is 90.8 cm³/mol. The number of benzene rings is 1. The number of nitrogens with zero attached hydrogens (tertiary/aromatic N) is 1. The van der Waals surface area contributed by atoms with Gasteiger partial charge in [-0.25, -0.2) is 8.42 Å². The number of likely N-dealkylation sites (N-methyl/N-ethyl adjacent to an activating group) is 1. The standard InChI is InChI=1S/C16H26N2O4S/c1-5-18(6-2)11-10-17-16(19)14-12-13(23(4,20)21)8-9-15(14)22-7-3/h8-9,12H,5-7,10-11H2,1-4H3,(H,17,19). The molecular formula is C16H26N2O4S. The van der Waals surface area contributed by atoms with Gasteiger partial charge in [-0.3, -0.25) is 4.79 Å². The zero-order valence-corrected chi connectivity index (χ0v) is 15.1. The maximum absolute atomic E-state index is 12.4. The summed E-state index contributed by atoms with van der Waals surface area (Å²) in [5, 5.41) is 2.82. The molecule has 0 atom stereocenters. The molecule has 0 bridgehead atoms. The van der Waals surface area contributed by atoms with Crippen LogP contribution in [0.4, 0.5) is 0 Å². The second-order valence-electron chi connectivity index (χ2n) is 5.15. The van der Waals surface area contributed by atoms with Crippen molar-refractivity contribution in [3.05, 3.63) is 23.8 Å². The van der Waals surface area contributed by atoms with Gasteiger partial charge < -0.3 is 15.0 Å². The molecule has 0 radical (unpaired) electrons. The number of carbonyl (C=O) groups is 1. The number of sulfone groups is 1. The molecule has 1 aromatic carbocycles. The van der Waals surface area contributed by atoms with Crippen LogP contribution in [0.2, 0.25) is 0 Å². The van der Waals surface area contributed by atoms with Crippen LogP contribution in [0.15, 0.2) is 23.1 Å². The largest absolute Gasteiger partial charge is 0.493 e. The van der Waals surface area contributed by atoms with Crippen LogP contribution < -0.4 is 10.1 Å². The van der Waals surface area contributed by atoms with Gasteiger partial charge in [0.15, 0.2) is 9.84 Å². The SMILES string of the molecule is CCOc1ccc(S(C)(=O)=O)cc1C(=O)NCCN(CC)CC. The van der Waals surface area contributed by atoms with E-state index < -0.39 is 9.84 Å². The lowest BCUT2D eigenvalue weighted by atomic mass is 10.2. The Morgan fingerprint density at radius 3 is 2.39 bits per heavy atom. The van der Waals surface area contributed by atoms with Crippen LogP contribution in [0.25, 0.3) is 0 Å². The van der Waals surface area contributed by atoms with E-state index in [0.717, 1.165) is 25.9 Å². The van der Waals surface area contributed by atoms with E-state index in [-0.39, 0.29) is 16.4 Å². The number of amides is 1. The van der Waals surface area contributed by atoms with E-state index in [4.69, 9.17) is 4.74 Å². The van der Waals surface area contributed by atoms with Crippen LogP contribution in [-0.4, -0.2) is 58.3 Å². The summed E-state index contributed by atoms with van der Waals surface area (Å²) in [7, 11) is -3.38. The number of carbonyl (C=O) groups excluding carboxylic acids is 1. The van der Waals surface area contributed by atoms with Gasteiger partial charge in [0, 0.05) is 19.3 Å². The lowest BCUT2D eigenvalue weighted by molar-refractivity contribution is 0.0945. The summed E-state index contributed by atoms with van der Waals surface area (Å²) < 4.78 is 28.8. The molecule has 1 rings (SSSR count). The summed E-state index contributed by atoms with van der Waals surface area (Å²) >= 11 is 0. The van der Waals surface area contributed by atoms with Gasteiger partial charge in [-0.05, 0) is 38.2 Å². The Balaban J connectivity index is 2.92. The molecule has 7 heteroatoms. The molecule has 6 nitrogen and oxygen atoms in total. The molecule has 0 unspecified atom stereocenters. The molecule has 1 aromatic rings. The molecule has 130 valence electrons. The monoisotopic (exact) mass is 342 g/mol. The molecule has 0 heterocycles. The summed E-state index contributed by atoms with van der Waals surface area (Å²) in [4.78, 5) is 14.7. The van der Waals surface area contributed by atoms with Gasteiger partial charge in [0.05, 0.1) is 17.1 Å². The maximum Gasteiger partial charge on any atom is 0.255 e. The number of rotatable bonds is 9. The Morgan fingerprint density at radius 1 is 1.22 bits per heavy atom. The molecule has 1 N–H and O–H groups in total. The molecule has 0 saturated heterocycles. The van der Waals surface area contributed by atoms with Crippen molar-refractivity contribution in [2.24, 2.45) is 0 Å². The van der Waals surface area contributed by atoms with Crippen molar-refractivity contribution in [3.8, 4) is 5.75 Å². The van der Waals surface area contributed by atoms with Crippen LogP contribution in [0, 0.1) is 0 Å². The Morgan fingerprint density at radius 2 is 1.87 bits per heavy atom. The molecular weight excluding hydrogens is 316 g/mol. The molecule has 23 heavy (non-hydrogen) atoms. The second kappa shape index (κ2) is 8.88. The fraction of sp³-hybridized carbons (Fsp3) is 0.562. The van der Waals surface area contributed by atoms with Gasteiger partial charge in [-0.2, -0.15) is 0 Å². The van der Waals surface area contributed by atoms with E-state index in [0.29, 0.717) is 18.9 Å². The highest BCUT2D eigenvalue weighted by Crippen LogP contribution is 2.22. The fourth-order valence-electron chi connectivity index (χ4n) is 2.16. The number of hydrogen-bond acceptors (Lipinski definition) is 5. The third kappa shape index (κ3) is 5.84. The van der Waals surface area contributed by atoms with Gasteiger partial charge in [0.2, 0.25) is 0 Å². The van der Waals surface area contributed by atoms with Crippen LogP contribution in [0.3, 0.4) is 0 Å². The average Bonchev–Trinajstić information content (AvgIpc) is 2.51. The van der Waals surface area contributed by atoms with Gasteiger partial charge >= 0.3 is 0 Å². The zero-order valence-electron chi connectivity index (χ0n) is 14.3. The van der Waals surface area contributed by atoms with Crippen LogP contribution >= 0.6 is 0 Å². The smallest absolute Gasteiger partial charge is 0.255 e. The van der Waals surface area contributed by atoms with Gasteiger partial charge in [-0.15, -0.1) is 0 Å². The normalized spacial score (nSPS) is 11.5. The Hall–Kier alpha value is -1.60. The van der Waals surface area contributed by atoms with E-state index >= 15 is 0 Å². The summed E-state index contributed by atoms with van der Waals surface area (Å²) in [6.07, 6.45) is 1.12. The summed E-state index contributed by atoms with van der Waals surface area (Å²) in [6.45, 7) is 9.41. The summed E-state index contributed by atoms with van der Waals surface area (Å²) in [5.41, 5.74) is 0.245. The zero-order chi connectivity index (χ0) is 17.5. The van der Waals surface area contributed by atoms with Gasteiger partial charge in [0.25, 0.3) is 5.91 Å². The Labute approximate surface area is 138 Å². The minimum Gasteiger partial charge on any atom is -0.493 e. The van der Waals surface area contributed by atoms with Crippen molar-refractivity contribution in [1.82, 2.24) is 10.2 Å². The molecule has 0 spiro atoms. The van der Waals surface area contributed by atoms with Crippen molar-refractivity contribution in [2.45, 2.75) is 25.7 Å². The fourth-order valence-corrected chi connectivity index (χ4v) is 2.81. The third-order valence-electron chi connectivity index (χ3n) is 3.53. The molecule has 0 aliphatic rings. The Bertz CT molecular complexity index is 625. The van der Waals surface area contributed by atoms with Crippen molar-refractivity contribution >= 4 is 15.7 Å². The van der Waals surface area contributed by atoms with Crippen LogP contribution in [-0.2, 0) is 9.84 Å². The quantitative estimate of drug-likeness (QED) is 0.737. The average molecular weight is 342 g/mol. The molecule has 0 aliphatic heterocycles. The number of nitrogens with one attached hydrogen (secondary N) is 1. The number of hydrogen-bond donors (Lipinski definition) is 1. The lowest BCUT2D eigenvalue weighted by Gasteiger charge is -2.18. The highest BCUT2D eigenvalue weighted by Gasteiger charge is 2.17. The summed E-state index contributed by atoms with van der Waals surface area (Å²) in [6, 6.07) is 4.35. The topological polar surface area (TPSA) is 75.7 Å². The van der Waals surface area contributed by atoms with Crippen molar-refractivity contribution < 1.29 is 17.9 Å². The third-order valence-corrected chi connectivity index (χ3v) is 4.64. The first-order valence-corrected chi connectivity index (χ1v) is 9.70. The van der Waals surface area contributed by atoms with Crippen molar-refractivity contribution in [1.29, 1.82) is 0 Å². The predicted octanol–water partition coefficient (Wildman–Crippen LogP) is 1.56. The minimum absolute atomic E-state index is 0.106. The van der Waals surface area contributed by atoms with E-state index in [9.17, 15) is 13.2 Å². The van der Waals surface area contributed by atoms with Crippen LogP contribution in [0.1, 0.15) is 31.1 Å². The summed E-state index contributed by atoms with van der Waals surface area (Å²) in [5.74, 6) is 0.0614. The highest BCUT2D eigenvalue weighted by molar-refractivity contribution is 7.90. The van der Waals surface area contributed by atoms with E-state index in [1.54, 1.807) is 0 Å². The van der Waals surface area contributed by atoms with Crippen molar-refractivity contribution in [3.63, 3.8) is 0 Å². The lowest BCUT2D eigenvalue weighted by Crippen LogP contribution is -2.35. The molecule has 0 saturated carbocycles. The van der Waals surface area contributed by atoms with Crippen molar-refractivity contribution in [2.75, 3.05) is 39.0 Å². The molecule has 1 amide bonds. The second-order valence-corrected chi connectivity index (χ2v) is 7.16. The molecule has 0 aromatic heterocycles. The highest BCUT2D eigenvalue weighted by atomic mass is 32.2. The maximum atomic E-state index is 12.4. The minimum atomic E-state index is -3.38. The first-order valence-electron chi connectivity index (χ1n) is 7.80. The number of ether oxygens (including phenoxy) is 1. The first-order chi connectivity index (χ1) is 10.8. The van der Waals surface area contributed by atoms with E-state index in [1.807, 2.05) is 6.92 Å². The van der Waals surface area contributed by atoms with Crippen LogP contribution in [0.5, 0.6) is 5.75 Å².